The maximum absolute atomic E-state index is 10.9. The topological polar surface area (TPSA) is 40.5 Å². The summed E-state index contributed by atoms with van der Waals surface area (Å²) >= 11 is 0. The second-order valence-electron chi connectivity index (χ2n) is 11.4. The molecule has 0 aromatic heterocycles. The molecule has 0 heterocycles. The highest BCUT2D eigenvalue weighted by Gasteiger charge is 2.57. The Bertz CT molecular complexity index is 491. The molecule has 156 valence electrons. The second-order valence-corrected chi connectivity index (χ2v) is 11.4. The molecule has 0 aromatic rings. The molecule has 0 saturated heterocycles. The van der Waals surface area contributed by atoms with Gasteiger partial charge in [0.05, 0.1) is 12.2 Å². The Morgan fingerprint density at radius 1 is 0.667 bits per heavy atom. The van der Waals surface area contributed by atoms with Crippen molar-refractivity contribution < 1.29 is 10.2 Å². The van der Waals surface area contributed by atoms with Gasteiger partial charge in [0.2, 0.25) is 0 Å². The third-order valence-corrected chi connectivity index (χ3v) is 10.1. The van der Waals surface area contributed by atoms with Crippen molar-refractivity contribution in [3.05, 3.63) is 0 Å². The van der Waals surface area contributed by atoms with Crippen LogP contribution in [0.5, 0.6) is 0 Å². The standard InChI is InChI=1S/C25H44O2/c1-24(14-7-4-8-15-24)25(2)17-23(27)22(26)16-20-19(12-9-13-21(20)25)18-10-5-3-6-11-18/h18-23,26-27H,3-17H2,1-2H3. The highest BCUT2D eigenvalue weighted by molar-refractivity contribution is 5.06. The first-order valence-corrected chi connectivity index (χ1v) is 12.3. The molecule has 2 heteroatoms. The maximum atomic E-state index is 10.9. The smallest absolute Gasteiger partial charge is 0.0804 e. The molecule has 4 rings (SSSR count). The number of fused-ring (bicyclic) bond motifs is 1. The fourth-order valence-electron chi connectivity index (χ4n) is 8.33. The lowest BCUT2D eigenvalue weighted by Crippen LogP contribution is -2.50. The molecule has 0 spiro atoms. The predicted octanol–water partition coefficient (Wildman–Crippen LogP) is 6.09. The van der Waals surface area contributed by atoms with Crippen LogP contribution in [-0.2, 0) is 0 Å². The molecule has 4 aliphatic rings. The first-order chi connectivity index (χ1) is 12.9. The molecule has 6 unspecified atom stereocenters. The molecule has 4 aliphatic carbocycles. The predicted molar refractivity (Wildman–Crippen MR) is 111 cm³/mol. The highest BCUT2D eigenvalue weighted by Crippen LogP contribution is 2.63. The van der Waals surface area contributed by atoms with E-state index >= 15 is 0 Å². The Morgan fingerprint density at radius 2 is 1.33 bits per heavy atom. The quantitative estimate of drug-likeness (QED) is 0.612. The summed E-state index contributed by atoms with van der Waals surface area (Å²) in [5.41, 5.74) is 0.524. The van der Waals surface area contributed by atoms with Gasteiger partial charge in [-0.1, -0.05) is 71.6 Å². The van der Waals surface area contributed by atoms with E-state index in [1.807, 2.05) is 0 Å². The number of aliphatic hydroxyl groups is 2. The Kier molecular flexibility index (Phi) is 5.97. The van der Waals surface area contributed by atoms with E-state index in [2.05, 4.69) is 13.8 Å². The highest BCUT2D eigenvalue weighted by atomic mass is 16.3. The summed E-state index contributed by atoms with van der Waals surface area (Å²) in [5, 5.41) is 21.8. The number of aliphatic hydroxyl groups excluding tert-OH is 2. The van der Waals surface area contributed by atoms with Crippen molar-refractivity contribution in [2.24, 2.45) is 34.5 Å². The van der Waals surface area contributed by atoms with E-state index in [0.717, 1.165) is 24.7 Å². The van der Waals surface area contributed by atoms with Crippen LogP contribution in [0.4, 0.5) is 0 Å². The lowest BCUT2D eigenvalue weighted by atomic mass is 9.47. The molecule has 0 aliphatic heterocycles. The molecule has 6 atom stereocenters. The van der Waals surface area contributed by atoms with E-state index in [1.54, 1.807) is 0 Å². The lowest BCUT2D eigenvalue weighted by molar-refractivity contribution is -0.0930. The summed E-state index contributed by atoms with van der Waals surface area (Å²) in [4.78, 5) is 0. The fraction of sp³-hybridized carbons (Fsp3) is 1.00. The minimum atomic E-state index is -0.522. The molecule has 27 heavy (non-hydrogen) atoms. The van der Waals surface area contributed by atoms with Gasteiger partial charge in [-0.05, 0) is 73.0 Å². The van der Waals surface area contributed by atoms with Crippen LogP contribution < -0.4 is 0 Å². The molecule has 0 radical (unpaired) electrons. The van der Waals surface area contributed by atoms with Gasteiger partial charge in [-0.25, -0.2) is 0 Å². The first kappa shape index (κ1) is 20.2. The van der Waals surface area contributed by atoms with Crippen LogP contribution in [0.3, 0.4) is 0 Å². The van der Waals surface area contributed by atoms with Crippen molar-refractivity contribution in [3.63, 3.8) is 0 Å². The zero-order valence-electron chi connectivity index (χ0n) is 18.0. The summed E-state index contributed by atoms with van der Waals surface area (Å²) < 4.78 is 0. The van der Waals surface area contributed by atoms with Crippen molar-refractivity contribution in [1.29, 1.82) is 0 Å². The molecule has 4 saturated carbocycles. The van der Waals surface area contributed by atoms with Crippen LogP contribution in [0, 0.1) is 34.5 Å². The van der Waals surface area contributed by atoms with E-state index in [1.165, 1.54) is 83.5 Å². The van der Waals surface area contributed by atoms with Crippen LogP contribution >= 0.6 is 0 Å². The molecule has 2 N–H and O–H groups in total. The third-order valence-electron chi connectivity index (χ3n) is 10.1. The normalized spacial score (nSPS) is 46.4. The molecule has 0 bridgehead atoms. The number of rotatable bonds is 2. The fourth-order valence-corrected chi connectivity index (χ4v) is 8.33. The van der Waals surface area contributed by atoms with Crippen LogP contribution in [0.2, 0.25) is 0 Å². The van der Waals surface area contributed by atoms with Gasteiger partial charge in [-0.2, -0.15) is 0 Å². The summed E-state index contributed by atoms with van der Waals surface area (Å²) in [6.07, 6.45) is 18.6. The largest absolute Gasteiger partial charge is 0.390 e. The maximum Gasteiger partial charge on any atom is 0.0804 e. The minimum absolute atomic E-state index is 0.183. The zero-order valence-corrected chi connectivity index (χ0v) is 18.0. The van der Waals surface area contributed by atoms with E-state index in [9.17, 15) is 10.2 Å². The van der Waals surface area contributed by atoms with Crippen LogP contribution in [0.1, 0.15) is 110 Å². The third kappa shape index (κ3) is 3.63. The van der Waals surface area contributed by atoms with E-state index < -0.39 is 12.2 Å². The van der Waals surface area contributed by atoms with Crippen LogP contribution in [0.25, 0.3) is 0 Å². The van der Waals surface area contributed by atoms with E-state index in [-0.39, 0.29) is 5.41 Å². The average molecular weight is 377 g/mol. The van der Waals surface area contributed by atoms with Gasteiger partial charge in [0.25, 0.3) is 0 Å². The SMILES string of the molecule is CC1(C2(C)CC(O)C(O)CC3C(C4CCCCC4)CCCC32)CCCCC1. The summed E-state index contributed by atoms with van der Waals surface area (Å²) in [6, 6.07) is 0. The Labute approximate surface area is 167 Å². The summed E-state index contributed by atoms with van der Waals surface area (Å²) in [6.45, 7) is 5.07. The summed E-state index contributed by atoms with van der Waals surface area (Å²) in [7, 11) is 0. The number of hydrogen-bond acceptors (Lipinski definition) is 2. The minimum Gasteiger partial charge on any atom is -0.390 e. The first-order valence-electron chi connectivity index (χ1n) is 12.3. The Morgan fingerprint density at radius 3 is 2.04 bits per heavy atom. The lowest BCUT2D eigenvalue weighted by Gasteiger charge is -2.57. The van der Waals surface area contributed by atoms with Gasteiger partial charge in [-0.3, -0.25) is 0 Å². The average Bonchev–Trinajstić information content (AvgIpc) is 2.78. The van der Waals surface area contributed by atoms with Gasteiger partial charge in [0.15, 0.2) is 0 Å². The van der Waals surface area contributed by atoms with Crippen molar-refractivity contribution in [2.75, 3.05) is 0 Å². The summed E-state index contributed by atoms with van der Waals surface area (Å²) in [5.74, 6) is 3.03. The molecule has 0 aromatic carbocycles. The van der Waals surface area contributed by atoms with Crippen molar-refractivity contribution in [3.8, 4) is 0 Å². The monoisotopic (exact) mass is 376 g/mol. The van der Waals surface area contributed by atoms with Gasteiger partial charge < -0.3 is 10.2 Å². The van der Waals surface area contributed by atoms with Crippen molar-refractivity contribution in [2.45, 2.75) is 122 Å². The van der Waals surface area contributed by atoms with E-state index in [4.69, 9.17) is 0 Å². The van der Waals surface area contributed by atoms with Crippen molar-refractivity contribution in [1.82, 2.24) is 0 Å². The molecular formula is C25H44O2. The van der Waals surface area contributed by atoms with Gasteiger partial charge in [-0.15, -0.1) is 0 Å². The number of hydrogen-bond donors (Lipinski definition) is 2. The molecule has 2 nitrogen and oxygen atoms in total. The van der Waals surface area contributed by atoms with Gasteiger partial charge in [0, 0.05) is 0 Å². The van der Waals surface area contributed by atoms with Gasteiger partial charge in [0.1, 0.15) is 0 Å². The molecule has 0 amide bonds. The molecule has 4 fully saturated rings. The van der Waals surface area contributed by atoms with E-state index in [0.29, 0.717) is 17.3 Å². The molecular weight excluding hydrogens is 332 g/mol. The van der Waals surface area contributed by atoms with Crippen LogP contribution in [0.15, 0.2) is 0 Å². The van der Waals surface area contributed by atoms with Crippen LogP contribution in [-0.4, -0.2) is 22.4 Å². The van der Waals surface area contributed by atoms with Gasteiger partial charge >= 0.3 is 0 Å². The Balaban J connectivity index is 1.67. The Hall–Kier alpha value is -0.0800. The second kappa shape index (κ2) is 7.98. The van der Waals surface area contributed by atoms with Crippen molar-refractivity contribution >= 4 is 0 Å². The zero-order chi connectivity index (χ0) is 19.1.